The van der Waals surface area contributed by atoms with Gasteiger partial charge in [-0.15, -0.1) is 10.2 Å². The van der Waals surface area contributed by atoms with Crippen molar-refractivity contribution in [1.82, 2.24) is 24.5 Å². The van der Waals surface area contributed by atoms with Crippen LogP contribution in [0.2, 0.25) is 0 Å². The predicted molar refractivity (Wildman–Crippen MR) is 130 cm³/mol. The fourth-order valence-electron chi connectivity index (χ4n) is 4.25. The zero-order valence-corrected chi connectivity index (χ0v) is 19.1. The summed E-state index contributed by atoms with van der Waals surface area (Å²) in [5.41, 5.74) is 3.70. The fourth-order valence-corrected chi connectivity index (χ4v) is 4.25. The van der Waals surface area contributed by atoms with Gasteiger partial charge in [0.15, 0.2) is 5.82 Å². The zero-order chi connectivity index (χ0) is 23.5. The van der Waals surface area contributed by atoms with E-state index in [2.05, 4.69) is 25.2 Å². The Kier molecular flexibility index (Phi) is 6.03. The van der Waals surface area contributed by atoms with Crippen molar-refractivity contribution in [3.8, 4) is 22.6 Å². The smallest absolute Gasteiger partial charge is 0.267 e. The molecular weight excluding hydrogens is 428 g/mol. The van der Waals surface area contributed by atoms with Crippen LogP contribution in [0.5, 0.6) is 0 Å². The Morgan fingerprint density at radius 2 is 1.82 bits per heavy atom. The summed E-state index contributed by atoms with van der Waals surface area (Å²) < 4.78 is 3.37. The van der Waals surface area contributed by atoms with Crippen LogP contribution in [0.1, 0.15) is 30.7 Å². The van der Waals surface area contributed by atoms with Crippen molar-refractivity contribution < 1.29 is 4.79 Å². The number of nitrogens with one attached hydrogen (secondary N) is 1. The quantitative estimate of drug-likeness (QED) is 0.494. The first-order valence-electron chi connectivity index (χ1n) is 11.5. The van der Waals surface area contributed by atoms with Crippen molar-refractivity contribution in [3.63, 3.8) is 0 Å². The average molecular weight is 455 g/mol. The number of carbonyl (C=O) groups is 1. The van der Waals surface area contributed by atoms with Crippen LogP contribution in [0.25, 0.3) is 22.6 Å². The van der Waals surface area contributed by atoms with E-state index in [0.29, 0.717) is 11.4 Å². The Morgan fingerprint density at radius 1 is 0.971 bits per heavy atom. The van der Waals surface area contributed by atoms with Gasteiger partial charge in [0.1, 0.15) is 12.4 Å². The number of aryl methyl sites for hydroxylation is 2. The van der Waals surface area contributed by atoms with E-state index in [1.807, 2.05) is 55.5 Å². The topological polar surface area (TPSA) is 94.7 Å². The number of aromatic nitrogens is 5. The van der Waals surface area contributed by atoms with Gasteiger partial charge >= 0.3 is 0 Å². The Bertz CT molecular complexity index is 1390. The maximum atomic E-state index is 12.9. The molecule has 0 spiro atoms. The average Bonchev–Trinajstić information content (AvgIpc) is 3.10. The highest BCUT2D eigenvalue weighted by Gasteiger charge is 2.17. The number of hydrogen-bond acceptors (Lipinski definition) is 5. The molecule has 0 unspecified atom stereocenters. The summed E-state index contributed by atoms with van der Waals surface area (Å²) in [6, 6.07) is 18.5. The molecule has 2 aromatic carbocycles. The van der Waals surface area contributed by atoms with Crippen LogP contribution >= 0.6 is 0 Å². The van der Waals surface area contributed by atoms with E-state index in [4.69, 9.17) is 0 Å². The molecule has 172 valence electrons. The van der Waals surface area contributed by atoms with Gasteiger partial charge in [0.05, 0.1) is 5.69 Å². The first-order chi connectivity index (χ1) is 16.6. The Morgan fingerprint density at radius 3 is 2.68 bits per heavy atom. The zero-order valence-electron chi connectivity index (χ0n) is 19.1. The number of benzene rings is 2. The van der Waals surface area contributed by atoms with Crippen LogP contribution in [0, 0.1) is 6.92 Å². The second kappa shape index (κ2) is 9.43. The lowest BCUT2D eigenvalue weighted by molar-refractivity contribution is -0.117. The summed E-state index contributed by atoms with van der Waals surface area (Å²) in [5.74, 6) is 1.52. The van der Waals surface area contributed by atoms with Crippen molar-refractivity contribution in [2.45, 2.75) is 45.7 Å². The van der Waals surface area contributed by atoms with Crippen molar-refractivity contribution in [2.75, 3.05) is 5.32 Å². The lowest BCUT2D eigenvalue weighted by Gasteiger charge is -2.12. The summed E-state index contributed by atoms with van der Waals surface area (Å²) in [6.45, 7) is 2.66. The molecule has 1 N–H and O–H groups in total. The van der Waals surface area contributed by atoms with Crippen LogP contribution in [0.3, 0.4) is 0 Å². The van der Waals surface area contributed by atoms with E-state index in [-0.39, 0.29) is 18.0 Å². The second-order valence-electron chi connectivity index (χ2n) is 8.56. The van der Waals surface area contributed by atoms with Gasteiger partial charge in [0.2, 0.25) is 5.91 Å². The molecule has 5 rings (SSSR count). The summed E-state index contributed by atoms with van der Waals surface area (Å²) >= 11 is 0. The molecule has 0 bridgehead atoms. The molecule has 1 aliphatic rings. The molecule has 0 aliphatic carbocycles. The largest absolute Gasteiger partial charge is 0.324 e. The Labute approximate surface area is 197 Å². The molecule has 3 heterocycles. The standard InChI is InChI=1S/C26H26N6O2/c1-18-11-12-20(26-29-28-23-10-6-3-7-15-31(23)26)16-22(18)27-24(33)17-32-25(34)14-13-21(30-32)19-8-4-2-5-9-19/h2,4-5,8-9,11-14,16H,3,6-7,10,15,17H2,1H3,(H,27,33). The van der Waals surface area contributed by atoms with E-state index in [0.717, 1.165) is 54.1 Å². The number of anilines is 1. The van der Waals surface area contributed by atoms with Gasteiger partial charge in [-0.3, -0.25) is 9.59 Å². The van der Waals surface area contributed by atoms with Gasteiger partial charge in [-0.05, 0) is 37.5 Å². The minimum atomic E-state index is -0.327. The number of rotatable bonds is 5. The normalized spacial score (nSPS) is 13.2. The lowest BCUT2D eigenvalue weighted by Crippen LogP contribution is -2.29. The van der Waals surface area contributed by atoms with Crippen LogP contribution < -0.4 is 10.9 Å². The molecule has 1 amide bonds. The van der Waals surface area contributed by atoms with E-state index < -0.39 is 0 Å². The summed E-state index contributed by atoms with van der Waals surface area (Å²) in [7, 11) is 0. The molecule has 2 aromatic heterocycles. The summed E-state index contributed by atoms with van der Waals surface area (Å²) in [4.78, 5) is 25.2. The Hall–Kier alpha value is -4.07. The van der Waals surface area contributed by atoms with Gasteiger partial charge < -0.3 is 9.88 Å². The van der Waals surface area contributed by atoms with Gasteiger partial charge in [0.25, 0.3) is 5.56 Å². The fraction of sp³-hybridized carbons (Fsp3) is 0.269. The van der Waals surface area contributed by atoms with Gasteiger partial charge in [-0.25, -0.2) is 4.68 Å². The van der Waals surface area contributed by atoms with E-state index in [9.17, 15) is 9.59 Å². The second-order valence-corrected chi connectivity index (χ2v) is 8.56. The van der Waals surface area contributed by atoms with Crippen LogP contribution in [-0.2, 0) is 24.3 Å². The van der Waals surface area contributed by atoms with Gasteiger partial charge in [-0.2, -0.15) is 5.10 Å². The molecule has 4 aromatic rings. The highest BCUT2D eigenvalue weighted by atomic mass is 16.2. The number of nitrogens with zero attached hydrogens (tertiary/aromatic N) is 5. The van der Waals surface area contributed by atoms with Crippen LogP contribution in [0.4, 0.5) is 5.69 Å². The van der Waals surface area contributed by atoms with Crippen molar-refractivity contribution in [3.05, 3.63) is 82.4 Å². The highest BCUT2D eigenvalue weighted by Crippen LogP contribution is 2.27. The summed E-state index contributed by atoms with van der Waals surface area (Å²) in [5, 5.41) is 16.1. The predicted octanol–water partition coefficient (Wildman–Crippen LogP) is 3.84. The number of amides is 1. The minimum Gasteiger partial charge on any atom is -0.324 e. The molecular formula is C26H26N6O2. The number of carbonyl (C=O) groups excluding carboxylic acids is 1. The van der Waals surface area contributed by atoms with Crippen LogP contribution in [-0.4, -0.2) is 30.5 Å². The third-order valence-corrected chi connectivity index (χ3v) is 6.11. The molecule has 8 heteroatoms. The number of fused-ring (bicyclic) bond motifs is 1. The Balaban J connectivity index is 1.37. The van der Waals surface area contributed by atoms with E-state index >= 15 is 0 Å². The molecule has 8 nitrogen and oxygen atoms in total. The van der Waals surface area contributed by atoms with Crippen molar-refractivity contribution in [2.24, 2.45) is 0 Å². The van der Waals surface area contributed by atoms with Gasteiger partial charge in [-0.1, -0.05) is 48.9 Å². The first-order valence-corrected chi connectivity index (χ1v) is 11.5. The third kappa shape index (κ3) is 4.52. The molecule has 0 fully saturated rings. The molecule has 0 saturated heterocycles. The summed E-state index contributed by atoms with van der Waals surface area (Å²) in [6.07, 6.45) is 4.37. The maximum absolute atomic E-state index is 12.9. The molecule has 0 saturated carbocycles. The first kappa shape index (κ1) is 21.8. The monoisotopic (exact) mass is 454 g/mol. The van der Waals surface area contributed by atoms with Crippen LogP contribution in [0.15, 0.2) is 65.5 Å². The molecule has 0 radical (unpaired) electrons. The third-order valence-electron chi connectivity index (χ3n) is 6.11. The molecule has 1 aliphatic heterocycles. The van der Waals surface area contributed by atoms with Crippen molar-refractivity contribution in [1.29, 1.82) is 0 Å². The molecule has 34 heavy (non-hydrogen) atoms. The number of hydrogen-bond donors (Lipinski definition) is 1. The SMILES string of the molecule is Cc1ccc(-c2nnc3n2CCCCC3)cc1NC(=O)Cn1nc(-c2ccccc2)ccc1=O. The van der Waals surface area contributed by atoms with Crippen molar-refractivity contribution >= 4 is 11.6 Å². The minimum absolute atomic E-state index is 0.177. The van der Waals surface area contributed by atoms with Gasteiger partial charge in [0, 0.05) is 35.8 Å². The highest BCUT2D eigenvalue weighted by molar-refractivity contribution is 5.92. The van der Waals surface area contributed by atoms with E-state index in [1.54, 1.807) is 6.07 Å². The van der Waals surface area contributed by atoms with E-state index in [1.165, 1.54) is 17.2 Å². The molecule has 0 atom stereocenters. The maximum Gasteiger partial charge on any atom is 0.267 e. The lowest BCUT2D eigenvalue weighted by atomic mass is 10.1.